The Morgan fingerprint density at radius 1 is 1.12 bits per heavy atom. The van der Waals surface area contributed by atoms with Crippen molar-refractivity contribution in [2.45, 2.75) is 25.9 Å². The maximum atomic E-state index is 15.1. The summed E-state index contributed by atoms with van der Waals surface area (Å²) in [6, 6.07) is 13.7. The number of ketones is 1. The molecular weight excluding hydrogens is 427 g/mol. The highest BCUT2D eigenvalue weighted by Gasteiger charge is 2.33. The van der Waals surface area contributed by atoms with Crippen LogP contribution in [0.5, 0.6) is 0 Å². The molecule has 9 heteroatoms. The van der Waals surface area contributed by atoms with E-state index in [0.717, 1.165) is 0 Å². The number of benzene rings is 2. The number of hydrazine groups is 1. The molecular formula is C24H27FN4O4. The standard InChI is InChI=1S/C24H27FN4O4/c1-17(30)7-9-20-16-28(24(32)33-20)19-8-10-22(21(25)15-19)27-12-11-26-29(14-13-27)23(31)18-5-3-2-4-6-18/h2-6,8,10,15,20,26H,7,9,11-14,16H2,1H3/t20-/m0/s1. The van der Waals surface area contributed by atoms with Gasteiger partial charge in [-0.05, 0) is 43.7 Å². The molecule has 0 saturated carbocycles. The van der Waals surface area contributed by atoms with Gasteiger partial charge in [-0.3, -0.25) is 14.7 Å². The fourth-order valence-electron chi connectivity index (χ4n) is 4.05. The first-order valence-electron chi connectivity index (χ1n) is 11.0. The van der Waals surface area contributed by atoms with Crippen molar-refractivity contribution < 1.29 is 23.5 Å². The number of carbonyl (C=O) groups is 3. The van der Waals surface area contributed by atoms with Crippen molar-refractivity contribution in [2.75, 3.05) is 42.5 Å². The summed E-state index contributed by atoms with van der Waals surface area (Å²) in [7, 11) is 0. The zero-order chi connectivity index (χ0) is 23.4. The van der Waals surface area contributed by atoms with Crippen molar-refractivity contribution in [1.29, 1.82) is 0 Å². The maximum Gasteiger partial charge on any atom is 0.414 e. The molecule has 2 aromatic rings. The second-order valence-electron chi connectivity index (χ2n) is 8.21. The van der Waals surface area contributed by atoms with E-state index in [4.69, 9.17) is 4.74 Å². The first-order valence-corrected chi connectivity index (χ1v) is 11.0. The minimum Gasteiger partial charge on any atom is -0.444 e. The molecule has 1 N–H and O–H groups in total. The van der Waals surface area contributed by atoms with Gasteiger partial charge in [0, 0.05) is 31.6 Å². The largest absolute Gasteiger partial charge is 0.444 e. The Kier molecular flexibility index (Phi) is 6.88. The van der Waals surface area contributed by atoms with Crippen LogP contribution in [0.2, 0.25) is 0 Å². The first-order chi connectivity index (χ1) is 15.9. The molecule has 4 rings (SSSR count). The van der Waals surface area contributed by atoms with Gasteiger partial charge in [0.15, 0.2) is 0 Å². The van der Waals surface area contributed by atoms with E-state index in [1.165, 1.54) is 17.9 Å². The number of Topliss-reactive ketones (excluding diaryl/α,β-unsaturated/α-hetero) is 1. The highest BCUT2D eigenvalue weighted by Crippen LogP contribution is 2.29. The van der Waals surface area contributed by atoms with Gasteiger partial charge in [0.1, 0.15) is 17.7 Å². The van der Waals surface area contributed by atoms with Crippen LogP contribution in [0, 0.1) is 5.82 Å². The van der Waals surface area contributed by atoms with E-state index >= 15 is 4.39 Å². The predicted molar refractivity (Wildman–Crippen MR) is 122 cm³/mol. The van der Waals surface area contributed by atoms with Crippen LogP contribution in [0.25, 0.3) is 0 Å². The van der Waals surface area contributed by atoms with E-state index in [2.05, 4.69) is 5.43 Å². The second kappa shape index (κ2) is 9.99. The molecule has 0 spiro atoms. The highest BCUT2D eigenvalue weighted by molar-refractivity contribution is 5.94. The molecule has 0 aromatic heterocycles. The summed E-state index contributed by atoms with van der Waals surface area (Å²) in [5, 5.41) is 1.56. The number of rotatable bonds is 6. The van der Waals surface area contributed by atoms with Gasteiger partial charge in [0.25, 0.3) is 5.91 Å². The molecule has 2 aliphatic rings. The molecule has 2 aromatic carbocycles. The number of cyclic esters (lactones) is 1. The molecule has 0 radical (unpaired) electrons. The summed E-state index contributed by atoms with van der Waals surface area (Å²) in [4.78, 5) is 39.4. The van der Waals surface area contributed by atoms with Crippen LogP contribution in [-0.4, -0.2) is 61.6 Å². The van der Waals surface area contributed by atoms with Crippen molar-refractivity contribution in [1.82, 2.24) is 10.4 Å². The molecule has 174 valence electrons. The summed E-state index contributed by atoms with van der Waals surface area (Å²) in [6.45, 7) is 3.64. The Hall–Kier alpha value is -3.46. The fourth-order valence-corrected chi connectivity index (χ4v) is 4.05. The van der Waals surface area contributed by atoms with Gasteiger partial charge in [-0.2, -0.15) is 0 Å². The van der Waals surface area contributed by atoms with Gasteiger partial charge < -0.3 is 14.4 Å². The average molecular weight is 455 g/mol. The lowest BCUT2D eigenvalue weighted by atomic mass is 10.1. The molecule has 2 heterocycles. The Labute approximate surface area is 191 Å². The lowest BCUT2D eigenvalue weighted by Crippen LogP contribution is -2.43. The first kappa shape index (κ1) is 22.7. The topological polar surface area (TPSA) is 82.2 Å². The third-order valence-corrected chi connectivity index (χ3v) is 5.82. The number of hydrogen-bond donors (Lipinski definition) is 1. The normalized spacial score (nSPS) is 18.8. The zero-order valence-corrected chi connectivity index (χ0v) is 18.5. The van der Waals surface area contributed by atoms with Crippen molar-refractivity contribution in [2.24, 2.45) is 0 Å². The number of nitrogens with one attached hydrogen (secondary N) is 1. The van der Waals surface area contributed by atoms with Gasteiger partial charge in [-0.15, -0.1) is 0 Å². The van der Waals surface area contributed by atoms with Gasteiger partial charge in [-0.1, -0.05) is 18.2 Å². The monoisotopic (exact) mass is 454 g/mol. The average Bonchev–Trinajstić information content (AvgIpc) is 3.02. The molecule has 2 amide bonds. The van der Waals surface area contributed by atoms with Gasteiger partial charge in [0.05, 0.1) is 24.5 Å². The van der Waals surface area contributed by atoms with E-state index in [1.54, 1.807) is 29.3 Å². The minimum atomic E-state index is -0.537. The van der Waals surface area contributed by atoms with E-state index in [1.807, 2.05) is 23.1 Å². The summed E-state index contributed by atoms with van der Waals surface area (Å²) in [5.41, 5.74) is 4.53. The molecule has 1 atom stereocenters. The molecule has 0 aliphatic carbocycles. The third kappa shape index (κ3) is 5.31. The SMILES string of the molecule is CC(=O)CC[C@H]1CN(c2ccc(N3CCNN(C(=O)c4ccccc4)CC3)c(F)c2)C(=O)O1. The number of hydrogen-bond acceptors (Lipinski definition) is 6. The van der Waals surface area contributed by atoms with Crippen LogP contribution in [0.15, 0.2) is 48.5 Å². The predicted octanol–water partition coefficient (Wildman–Crippen LogP) is 2.99. The number of amides is 2. The van der Waals surface area contributed by atoms with Crippen molar-refractivity contribution in [3.05, 3.63) is 59.9 Å². The van der Waals surface area contributed by atoms with E-state index in [0.29, 0.717) is 56.0 Å². The van der Waals surface area contributed by atoms with Crippen LogP contribution in [-0.2, 0) is 9.53 Å². The quantitative estimate of drug-likeness (QED) is 0.723. The van der Waals surface area contributed by atoms with E-state index in [9.17, 15) is 14.4 Å². The summed E-state index contributed by atoms with van der Waals surface area (Å²) >= 11 is 0. The van der Waals surface area contributed by atoms with Crippen LogP contribution < -0.4 is 15.2 Å². The smallest absolute Gasteiger partial charge is 0.414 e. The molecule has 8 nitrogen and oxygen atoms in total. The van der Waals surface area contributed by atoms with Crippen molar-refractivity contribution >= 4 is 29.2 Å². The molecule has 0 bridgehead atoms. The van der Waals surface area contributed by atoms with Crippen molar-refractivity contribution in [3.8, 4) is 0 Å². The van der Waals surface area contributed by atoms with Crippen LogP contribution in [0.4, 0.5) is 20.6 Å². The molecule has 2 saturated heterocycles. The highest BCUT2D eigenvalue weighted by atomic mass is 19.1. The fraction of sp³-hybridized carbons (Fsp3) is 0.375. The second-order valence-corrected chi connectivity index (χ2v) is 8.21. The summed E-state index contributed by atoms with van der Waals surface area (Å²) in [5.74, 6) is -0.536. The molecule has 2 fully saturated rings. The number of halogens is 1. The van der Waals surface area contributed by atoms with Gasteiger partial charge in [-0.25, -0.2) is 14.6 Å². The molecule has 0 unspecified atom stereocenters. The van der Waals surface area contributed by atoms with Gasteiger partial charge in [0.2, 0.25) is 0 Å². The Morgan fingerprint density at radius 2 is 1.91 bits per heavy atom. The Bertz CT molecular complexity index is 1030. The third-order valence-electron chi connectivity index (χ3n) is 5.82. The number of carbonyl (C=O) groups excluding carboxylic acids is 3. The Balaban J connectivity index is 1.40. The maximum absolute atomic E-state index is 15.1. The summed E-state index contributed by atoms with van der Waals surface area (Å²) in [6.07, 6.45) is -0.123. The van der Waals surface area contributed by atoms with Crippen LogP contribution in [0.3, 0.4) is 0 Å². The number of ether oxygens (including phenoxy) is 1. The van der Waals surface area contributed by atoms with Crippen molar-refractivity contribution in [3.63, 3.8) is 0 Å². The molecule has 2 aliphatic heterocycles. The number of anilines is 2. The lowest BCUT2D eigenvalue weighted by molar-refractivity contribution is -0.117. The Morgan fingerprint density at radius 3 is 2.64 bits per heavy atom. The minimum absolute atomic E-state index is 0.0378. The van der Waals surface area contributed by atoms with Crippen LogP contribution in [0.1, 0.15) is 30.1 Å². The van der Waals surface area contributed by atoms with Crippen LogP contribution >= 0.6 is 0 Å². The molecule has 33 heavy (non-hydrogen) atoms. The van der Waals surface area contributed by atoms with E-state index < -0.39 is 11.9 Å². The zero-order valence-electron chi connectivity index (χ0n) is 18.5. The van der Waals surface area contributed by atoms with Gasteiger partial charge >= 0.3 is 6.09 Å². The lowest BCUT2D eigenvalue weighted by Gasteiger charge is -2.24. The van der Waals surface area contributed by atoms with E-state index in [-0.39, 0.29) is 24.3 Å². The summed E-state index contributed by atoms with van der Waals surface area (Å²) < 4.78 is 20.4. The number of nitrogens with zero attached hydrogens (tertiary/aromatic N) is 3.